The number of hydrogen-bond acceptors (Lipinski definition) is 3. The number of hydrogen-bond donors (Lipinski definition) is 0. The van der Waals surface area contributed by atoms with E-state index in [-0.39, 0.29) is 5.82 Å². The second-order valence-electron chi connectivity index (χ2n) is 5.25. The van der Waals surface area contributed by atoms with Crippen LogP contribution in [0.5, 0.6) is 0 Å². The first-order valence-electron chi connectivity index (χ1n) is 8.04. The molecule has 0 N–H and O–H groups in total. The number of aliphatic imine (C=N–C) groups is 1. The molecule has 0 saturated carbocycles. The molecular weight excluding hydrogens is 303 g/mol. The molecule has 4 nitrogen and oxygen atoms in total. The summed E-state index contributed by atoms with van der Waals surface area (Å²) in [7, 11) is 0. The van der Waals surface area contributed by atoms with E-state index in [2.05, 4.69) is 15.1 Å². The molecule has 0 amide bonds. The first kappa shape index (κ1) is 16.1. The van der Waals surface area contributed by atoms with Crippen LogP contribution in [0.3, 0.4) is 0 Å². The molecule has 0 unspecified atom stereocenters. The van der Waals surface area contributed by atoms with Crippen LogP contribution in [0.4, 0.5) is 4.39 Å². The van der Waals surface area contributed by atoms with Gasteiger partial charge in [0, 0.05) is 23.0 Å². The van der Waals surface area contributed by atoms with E-state index in [1.54, 1.807) is 22.9 Å². The number of fused-ring (bicyclic) bond motifs is 1. The van der Waals surface area contributed by atoms with Crippen LogP contribution in [-0.2, 0) is 0 Å². The minimum Gasteiger partial charge on any atom is -0.288 e. The number of nitrogens with zero attached hydrogens (tertiary/aromatic N) is 4. The average molecular weight is 322 g/mol. The molecule has 3 aromatic rings. The van der Waals surface area contributed by atoms with Gasteiger partial charge in [0.2, 0.25) is 0 Å². The van der Waals surface area contributed by atoms with Crippen molar-refractivity contribution in [3.8, 4) is 11.1 Å². The van der Waals surface area contributed by atoms with Crippen molar-refractivity contribution < 1.29 is 4.39 Å². The monoisotopic (exact) mass is 322 g/mol. The molecule has 1 aliphatic heterocycles. The number of pyridine rings is 1. The minimum atomic E-state index is -0.238. The number of benzene rings is 1. The lowest BCUT2D eigenvalue weighted by molar-refractivity contribution is 0.631. The summed E-state index contributed by atoms with van der Waals surface area (Å²) in [6.45, 7) is 6.55. The van der Waals surface area contributed by atoms with E-state index in [0.717, 1.165) is 16.8 Å². The van der Waals surface area contributed by atoms with Gasteiger partial charge in [0.25, 0.3) is 0 Å². The van der Waals surface area contributed by atoms with Crippen molar-refractivity contribution in [3.63, 3.8) is 0 Å². The zero-order chi connectivity index (χ0) is 17.1. The third-order valence-corrected chi connectivity index (χ3v) is 3.73. The Labute approximate surface area is 140 Å². The molecule has 5 heteroatoms. The van der Waals surface area contributed by atoms with Gasteiger partial charge < -0.3 is 0 Å². The number of aryl methyl sites for hydroxylation is 1. The van der Waals surface area contributed by atoms with Crippen LogP contribution in [-0.4, -0.2) is 27.4 Å². The van der Waals surface area contributed by atoms with Crippen molar-refractivity contribution in [3.05, 3.63) is 59.8 Å². The number of rotatable bonds is 2. The minimum absolute atomic E-state index is 0.238. The summed E-state index contributed by atoms with van der Waals surface area (Å²) in [4.78, 5) is 8.71. The molecule has 0 bridgehead atoms. The van der Waals surface area contributed by atoms with Crippen LogP contribution in [0.15, 0.2) is 47.5 Å². The molecule has 2 aromatic heterocycles. The summed E-state index contributed by atoms with van der Waals surface area (Å²) < 4.78 is 15.8. The highest BCUT2D eigenvalue weighted by molar-refractivity contribution is 5.88. The molecule has 1 aromatic carbocycles. The van der Waals surface area contributed by atoms with Gasteiger partial charge in [-0.2, -0.15) is 0 Å². The predicted octanol–water partition coefficient (Wildman–Crippen LogP) is 4.34. The summed E-state index contributed by atoms with van der Waals surface area (Å²) in [5.74, 6) is 0.434. The van der Waals surface area contributed by atoms with E-state index >= 15 is 0 Å². The SMILES string of the molecule is CC.Cc1cc(-c2ccccc2F)cc2nc(C3=CC=NC3)nn12. The normalized spacial score (nSPS) is 12.9. The van der Waals surface area contributed by atoms with Gasteiger partial charge in [0.1, 0.15) is 5.82 Å². The Balaban J connectivity index is 0.000000815. The molecule has 24 heavy (non-hydrogen) atoms. The zero-order valence-corrected chi connectivity index (χ0v) is 14.0. The van der Waals surface area contributed by atoms with Gasteiger partial charge in [0.05, 0.1) is 6.54 Å². The van der Waals surface area contributed by atoms with Crippen molar-refractivity contribution in [2.75, 3.05) is 6.54 Å². The van der Waals surface area contributed by atoms with E-state index in [0.29, 0.717) is 23.6 Å². The fourth-order valence-electron chi connectivity index (χ4n) is 2.62. The topological polar surface area (TPSA) is 42.5 Å². The summed E-state index contributed by atoms with van der Waals surface area (Å²) in [5.41, 5.74) is 3.99. The van der Waals surface area contributed by atoms with E-state index < -0.39 is 0 Å². The van der Waals surface area contributed by atoms with Gasteiger partial charge in [-0.25, -0.2) is 13.9 Å². The van der Waals surface area contributed by atoms with Crippen LogP contribution >= 0.6 is 0 Å². The van der Waals surface area contributed by atoms with Crippen molar-refractivity contribution in [1.82, 2.24) is 14.6 Å². The van der Waals surface area contributed by atoms with Gasteiger partial charge in [0.15, 0.2) is 11.5 Å². The highest BCUT2D eigenvalue weighted by atomic mass is 19.1. The third-order valence-electron chi connectivity index (χ3n) is 3.73. The lowest BCUT2D eigenvalue weighted by Crippen LogP contribution is -1.96. The summed E-state index contributed by atoms with van der Waals surface area (Å²) in [6, 6.07) is 10.5. The van der Waals surface area contributed by atoms with E-state index in [4.69, 9.17) is 0 Å². The van der Waals surface area contributed by atoms with Crippen LogP contribution in [0.25, 0.3) is 22.3 Å². The average Bonchev–Trinajstić information content (AvgIpc) is 3.26. The molecule has 0 aliphatic carbocycles. The zero-order valence-electron chi connectivity index (χ0n) is 14.0. The quantitative estimate of drug-likeness (QED) is 0.704. The first-order chi connectivity index (χ1) is 11.7. The molecule has 0 saturated heterocycles. The Morgan fingerprint density at radius 1 is 1.12 bits per heavy atom. The van der Waals surface area contributed by atoms with Crippen LogP contribution < -0.4 is 0 Å². The predicted molar refractivity (Wildman–Crippen MR) is 95.8 cm³/mol. The lowest BCUT2D eigenvalue weighted by Gasteiger charge is -2.05. The standard InChI is InChI=1S/C17H13FN4.C2H6/c1-11-8-13(14-4-2-3-5-15(14)18)9-16-20-17(21-22(11)16)12-6-7-19-10-12;1-2/h2-9H,10H2,1H3;1-2H3. The summed E-state index contributed by atoms with van der Waals surface area (Å²) >= 11 is 0. The second kappa shape index (κ2) is 6.74. The molecule has 1 aliphatic rings. The van der Waals surface area contributed by atoms with Crippen molar-refractivity contribution in [2.24, 2.45) is 4.99 Å². The van der Waals surface area contributed by atoms with Crippen LogP contribution in [0.1, 0.15) is 25.4 Å². The summed E-state index contributed by atoms with van der Waals surface area (Å²) in [5, 5.41) is 4.51. The fraction of sp³-hybridized carbons (Fsp3) is 0.211. The Kier molecular flexibility index (Phi) is 4.51. The molecule has 3 heterocycles. The Morgan fingerprint density at radius 2 is 1.92 bits per heavy atom. The lowest BCUT2D eigenvalue weighted by atomic mass is 10.1. The highest BCUT2D eigenvalue weighted by Crippen LogP contribution is 2.25. The molecule has 0 radical (unpaired) electrons. The Bertz CT molecular complexity index is 938. The van der Waals surface area contributed by atoms with Gasteiger partial charge >= 0.3 is 0 Å². The second-order valence-corrected chi connectivity index (χ2v) is 5.25. The fourth-order valence-corrected chi connectivity index (χ4v) is 2.62. The van der Waals surface area contributed by atoms with Crippen LogP contribution in [0, 0.1) is 12.7 Å². The van der Waals surface area contributed by atoms with Crippen molar-refractivity contribution in [1.29, 1.82) is 0 Å². The first-order valence-corrected chi connectivity index (χ1v) is 8.04. The largest absolute Gasteiger partial charge is 0.288 e. The van der Waals surface area contributed by atoms with E-state index in [1.807, 2.05) is 45.0 Å². The molecule has 0 atom stereocenters. The Morgan fingerprint density at radius 3 is 2.62 bits per heavy atom. The summed E-state index contributed by atoms with van der Waals surface area (Å²) in [6.07, 6.45) is 3.68. The van der Waals surface area contributed by atoms with Crippen molar-refractivity contribution in [2.45, 2.75) is 20.8 Å². The maximum Gasteiger partial charge on any atom is 0.180 e. The number of halogens is 1. The highest BCUT2D eigenvalue weighted by Gasteiger charge is 2.14. The van der Waals surface area contributed by atoms with Gasteiger partial charge in [-0.15, -0.1) is 5.10 Å². The smallest absolute Gasteiger partial charge is 0.180 e. The number of allylic oxidation sites excluding steroid dienone is 1. The molecule has 4 rings (SSSR count). The Hall–Kier alpha value is -2.82. The molecule has 0 fully saturated rings. The molecular formula is C19H19FN4. The van der Waals surface area contributed by atoms with Crippen molar-refractivity contribution >= 4 is 17.4 Å². The van der Waals surface area contributed by atoms with Crippen LogP contribution in [0.2, 0.25) is 0 Å². The maximum absolute atomic E-state index is 14.0. The van der Waals surface area contributed by atoms with E-state index in [9.17, 15) is 4.39 Å². The van der Waals surface area contributed by atoms with Gasteiger partial charge in [-0.05, 0) is 36.8 Å². The maximum atomic E-state index is 14.0. The van der Waals surface area contributed by atoms with Gasteiger partial charge in [-0.3, -0.25) is 4.99 Å². The third kappa shape index (κ3) is 2.85. The van der Waals surface area contributed by atoms with E-state index in [1.165, 1.54) is 6.07 Å². The molecule has 0 spiro atoms. The molecule has 122 valence electrons. The number of aromatic nitrogens is 3. The van der Waals surface area contributed by atoms with Gasteiger partial charge in [-0.1, -0.05) is 32.0 Å².